The standard InChI is InChI=1S/C37H44N4OS/c1-26(2)32-18-13-19-33(27(3)4)36(32)39-35(42)25-41(37(43)38-30-20-22-31(23-21-30)40(5)6)24-34(28-14-9-7-10-15-28)29-16-11-8-12-17-29/h7-23,26-27,34H,24-25H2,1-6H3,(H,38,43)(H,39,42). The Balaban J connectivity index is 1.66. The van der Waals surface area contributed by atoms with E-state index in [9.17, 15) is 4.79 Å². The highest BCUT2D eigenvalue weighted by atomic mass is 32.1. The number of nitrogens with zero attached hydrogens (tertiary/aromatic N) is 2. The largest absolute Gasteiger partial charge is 0.378 e. The van der Waals surface area contributed by atoms with Gasteiger partial charge in [-0.05, 0) is 70.6 Å². The van der Waals surface area contributed by atoms with Gasteiger partial charge in [-0.15, -0.1) is 0 Å². The third-order valence-corrected chi connectivity index (χ3v) is 8.06. The summed E-state index contributed by atoms with van der Waals surface area (Å²) in [7, 11) is 4.03. The topological polar surface area (TPSA) is 47.6 Å². The maximum Gasteiger partial charge on any atom is 0.243 e. The number of carbonyl (C=O) groups excluding carboxylic acids is 1. The number of hydrogen-bond donors (Lipinski definition) is 2. The molecule has 0 aliphatic heterocycles. The maximum absolute atomic E-state index is 13.9. The number of para-hydroxylation sites is 1. The molecule has 6 heteroatoms. The number of amides is 1. The summed E-state index contributed by atoms with van der Waals surface area (Å²) in [6.07, 6.45) is 0. The molecule has 43 heavy (non-hydrogen) atoms. The zero-order valence-corrected chi connectivity index (χ0v) is 27.0. The molecule has 0 unspecified atom stereocenters. The van der Waals surface area contributed by atoms with E-state index in [2.05, 4.69) is 122 Å². The van der Waals surface area contributed by atoms with Crippen LogP contribution in [0.15, 0.2) is 103 Å². The SMILES string of the molecule is CC(C)c1cccc(C(C)C)c1NC(=O)CN(CC(c1ccccc1)c1ccccc1)C(=S)Nc1ccc(N(C)C)cc1. The van der Waals surface area contributed by atoms with Crippen molar-refractivity contribution in [2.24, 2.45) is 0 Å². The second kappa shape index (κ2) is 14.8. The summed E-state index contributed by atoms with van der Waals surface area (Å²) in [6.45, 7) is 9.28. The van der Waals surface area contributed by atoms with Gasteiger partial charge in [-0.2, -0.15) is 0 Å². The molecule has 0 radical (unpaired) electrons. The van der Waals surface area contributed by atoms with Crippen molar-refractivity contribution >= 4 is 40.3 Å². The lowest BCUT2D eigenvalue weighted by atomic mass is 9.91. The molecule has 0 aromatic heterocycles. The van der Waals surface area contributed by atoms with Gasteiger partial charge in [-0.3, -0.25) is 4.79 Å². The van der Waals surface area contributed by atoms with Gasteiger partial charge in [0.2, 0.25) is 5.91 Å². The van der Waals surface area contributed by atoms with E-state index in [0.717, 1.165) is 28.2 Å². The molecule has 224 valence electrons. The Bertz CT molecular complexity index is 1420. The van der Waals surface area contributed by atoms with E-state index < -0.39 is 0 Å². The summed E-state index contributed by atoms with van der Waals surface area (Å²) in [5.74, 6) is 0.472. The fourth-order valence-electron chi connectivity index (χ4n) is 5.31. The number of nitrogens with one attached hydrogen (secondary N) is 2. The van der Waals surface area contributed by atoms with Crippen LogP contribution in [0.25, 0.3) is 0 Å². The van der Waals surface area contributed by atoms with Gasteiger partial charge in [0, 0.05) is 43.6 Å². The third-order valence-electron chi connectivity index (χ3n) is 7.70. The molecular formula is C37H44N4OS. The quantitative estimate of drug-likeness (QED) is 0.171. The summed E-state index contributed by atoms with van der Waals surface area (Å²) in [6, 6.07) is 35.3. The summed E-state index contributed by atoms with van der Waals surface area (Å²) >= 11 is 6.00. The molecular weight excluding hydrogens is 549 g/mol. The Labute approximate surface area is 262 Å². The van der Waals surface area contributed by atoms with Crippen LogP contribution in [-0.2, 0) is 4.79 Å². The van der Waals surface area contributed by atoms with E-state index in [4.69, 9.17) is 12.2 Å². The molecule has 0 aliphatic carbocycles. The van der Waals surface area contributed by atoms with Crippen molar-refractivity contribution in [1.82, 2.24) is 4.90 Å². The molecule has 0 atom stereocenters. The van der Waals surface area contributed by atoms with Crippen LogP contribution >= 0.6 is 12.2 Å². The van der Waals surface area contributed by atoms with Gasteiger partial charge in [0.05, 0.1) is 6.54 Å². The minimum absolute atomic E-state index is 0.0141. The van der Waals surface area contributed by atoms with E-state index in [1.165, 1.54) is 11.1 Å². The van der Waals surface area contributed by atoms with Crippen molar-refractivity contribution in [3.05, 3.63) is 125 Å². The van der Waals surface area contributed by atoms with Crippen LogP contribution in [0, 0.1) is 0 Å². The molecule has 4 rings (SSSR count). The molecule has 0 aliphatic rings. The Morgan fingerprint density at radius 2 is 1.21 bits per heavy atom. The molecule has 4 aromatic rings. The van der Waals surface area contributed by atoms with Gasteiger partial charge in [0.25, 0.3) is 0 Å². The Morgan fingerprint density at radius 1 is 0.698 bits per heavy atom. The van der Waals surface area contributed by atoms with E-state index in [1.54, 1.807) is 0 Å². The molecule has 5 nitrogen and oxygen atoms in total. The Morgan fingerprint density at radius 3 is 1.67 bits per heavy atom. The highest BCUT2D eigenvalue weighted by Gasteiger charge is 2.24. The van der Waals surface area contributed by atoms with Gasteiger partial charge < -0.3 is 20.4 Å². The van der Waals surface area contributed by atoms with Crippen molar-refractivity contribution in [2.45, 2.75) is 45.4 Å². The molecule has 0 heterocycles. The minimum Gasteiger partial charge on any atom is -0.378 e. The molecule has 2 N–H and O–H groups in total. The first-order valence-electron chi connectivity index (χ1n) is 15.0. The average Bonchev–Trinajstić information content (AvgIpc) is 3.00. The van der Waals surface area contributed by atoms with Crippen molar-refractivity contribution < 1.29 is 4.79 Å². The minimum atomic E-state index is -0.0954. The van der Waals surface area contributed by atoms with Gasteiger partial charge in [0.1, 0.15) is 0 Å². The summed E-state index contributed by atoms with van der Waals surface area (Å²) in [5, 5.41) is 7.20. The van der Waals surface area contributed by atoms with Gasteiger partial charge in [-0.1, -0.05) is 107 Å². The lowest BCUT2D eigenvalue weighted by Crippen LogP contribution is -2.43. The van der Waals surface area contributed by atoms with Crippen LogP contribution < -0.4 is 15.5 Å². The molecule has 0 saturated carbocycles. The lowest BCUT2D eigenvalue weighted by Gasteiger charge is -2.31. The Hall–Kier alpha value is -4.16. The first-order chi connectivity index (χ1) is 20.6. The number of anilines is 3. The lowest BCUT2D eigenvalue weighted by molar-refractivity contribution is -0.116. The molecule has 0 spiro atoms. The normalized spacial score (nSPS) is 11.1. The zero-order chi connectivity index (χ0) is 30.9. The van der Waals surface area contributed by atoms with Gasteiger partial charge in [-0.25, -0.2) is 0 Å². The number of rotatable bonds is 11. The molecule has 0 bridgehead atoms. The van der Waals surface area contributed by atoms with Gasteiger partial charge >= 0.3 is 0 Å². The van der Waals surface area contributed by atoms with E-state index in [0.29, 0.717) is 11.7 Å². The van der Waals surface area contributed by atoms with Crippen LogP contribution in [0.4, 0.5) is 17.1 Å². The summed E-state index contributed by atoms with van der Waals surface area (Å²) < 4.78 is 0. The Kier molecular flexibility index (Phi) is 11.0. The van der Waals surface area contributed by atoms with E-state index in [-0.39, 0.29) is 30.2 Å². The highest BCUT2D eigenvalue weighted by molar-refractivity contribution is 7.80. The number of benzene rings is 4. The summed E-state index contributed by atoms with van der Waals surface area (Å²) in [5.41, 5.74) is 7.51. The number of hydrogen-bond acceptors (Lipinski definition) is 3. The predicted octanol–water partition coefficient (Wildman–Crippen LogP) is 8.47. The first kappa shape index (κ1) is 31.8. The van der Waals surface area contributed by atoms with Crippen LogP contribution in [0.5, 0.6) is 0 Å². The van der Waals surface area contributed by atoms with Crippen molar-refractivity contribution in [1.29, 1.82) is 0 Å². The second-order valence-corrected chi connectivity index (χ2v) is 12.2. The molecule has 0 saturated heterocycles. The van der Waals surface area contributed by atoms with Crippen LogP contribution in [-0.4, -0.2) is 43.1 Å². The number of thiocarbonyl (C=S) groups is 1. The maximum atomic E-state index is 13.9. The molecule has 0 fully saturated rings. The number of carbonyl (C=O) groups is 1. The fourth-order valence-corrected chi connectivity index (χ4v) is 5.56. The van der Waals surface area contributed by atoms with Crippen LogP contribution in [0.3, 0.4) is 0 Å². The van der Waals surface area contributed by atoms with Gasteiger partial charge in [0.15, 0.2) is 5.11 Å². The summed E-state index contributed by atoms with van der Waals surface area (Å²) in [4.78, 5) is 17.9. The second-order valence-electron chi connectivity index (χ2n) is 11.8. The first-order valence-corrected chi connectivity index (χ1v) is 15.4. The predicted molar refractivity (Wildman–Crippen MR) is 187 cm³/mol. The van der Waals surface area contributed by atoms with E-state index in [1.807, 2.05) is 43.3 Å². The van der Waals surface area contributed by atoms with Crippen LogP contribution in [0.1, 0.15) is 67.7 Å². The molecule has 4 aromatic carbocycles. The fraction of sp³-hybridized carbons (Fsp3) is 0.297. The van der Waals surface area contributed by atoms with Crippen molar-refractivity contribution in [3.63, 3.8) is 0 Å². The monoisotopic (exact) mass is 592 g/mol. The zero-order valence-electron chi connectivity index (χ0n) is 26.2. The molecule has 1 amide bonds. The highest BCUT2D eigenvalue weighted by Crippen LogP contribution is 2.33. The van der Waals surface area contributed by atoms with E-state index >= 15 is 0 Å². The van der Waals surface area contributed by atoms with Crippen molar-refractivity contribution in [2.75, 3.05) is 42.7 Å². The van der Waals surface area contributed by atoms with Crippen LogP contribution in [0.2, 0.25) is 0 Å². The smallest absolute Gasteiger partial charge is 0.243 e. The third kappa shape index (κ3) is 8.45. The average molecular weight is 593 g/mol. The van der Waals surface area contributed by atoms with Crippen molar-refractivity contribution in [3.8, 4) is 0 Å².